The molecule has 1 aromatic rings. The Hall–Kier alpha value is -0.610. The summed E-state index contributed by atoms with van der Waals surface area (Å²) in [5.74, 6) is 0.732. The van der Waals surface area contributed by atoms with Gasteiger partial charge in [0.25, 0.3) is 0 Å². The summed E-state index contributed by atoms with van der Waals surface area (Å²) in [6, 6.07) is 7.66. The van der Waals surface area contributed by atoms with Gasteiger partial charge in [-0.15, -0.1) is 24.0 Å². The maximum atomic E-state index is 9.27. The third kappa shape index (κ3) is 7.96. The molecule has 148 valence electrons. The molecule has 0 radical (unpaired) electrons. The zero-order valence-electron chi connectivity index (χ0n) is 15.2. The largest absolute Gasteiger partial charge is 0.396 e. The van der Waals surface area contributed by atoms with Gasteiger partial charge in [-0.05, 0) is 30.5 Å². The Bertz CT molecular complexity index is 554. The number of nitrogens with zero attached hydrogens (tertiary/aromatic N) is 1. The van der Waals surface area contributed by atoms with E-state index in [0.29, 0.717) is 26.4 Å². The average molecular weight is 498 g/mol. The van der Waals surface area contributed by atoms with Crippen LogP contribution in [-0.4, -0.2) is 57.6 Å². The molecular weight excluding hydrogens is 469 g/mol. The average Bonchev–Trinajstić information content (AvgIpc) is 3.06. The van der Waals surface area contributed by atoms with Crippen molar-refractivity contribution in [3.63, 3.8) is 0 Å². The fourth-order valence-electron chi connectivity index (χ4n) is 2.86. The van der Waals surface area contributed by atoms with Crippen molar-refractivity contribution in [2.24, 2.45) is 10.4 Å². The molecule has 0 amide bonds. The van der Waals surface area contributed by atoms with E-state index in [2.05, 4.69) is 15.6 Å². The van der Waals surface area contributed by atoms with Gasteiger partial charge in [0, 0.05) is 43.8 Å². The van der Waals surface area contributed by atoms with Crippen molar-refractivity contribution >= 4 is 41.5 Å². The van der Waals surface area contributed by atoms with E-state index in [4.69, 9.17) is 21.1 Å². The number of aliphatic hydroxyl groups is 1. The zero-order chi connectivity index (χ0) is 18.0. The molecule has 1 aliphatic heterocycles. The standard InChI is InChI=1S/C18H28ClN3O3.HI/c1-20-17(22-13-18(5-8-23)6-9-25-14-18)21-7-10-24-12-15-3-2-4-16(19)11-15;/h2-4,11,23H,5-10,12-14H2,1H3,(H2,20,21,22);1H. The molecule has 26 heavy (non-hydrogen) atoms. The molecule has 6 nitrogen and oxygen atoms in total. The maximum Gasteiger partial charge on any atom is 0.191 e. The normalized spacial score (nSPS) is 19.9. The van der Waals surface area contributed by atoms with E-state index >= 15 is 0 Å². The fraction of sp³-hybridized carbons (Fsp3) is 0.611. The molecule has 1 aromatic carbocycles. The first-order chi connectivity index (χ1) is 12.2. The minimum absolute atomic E-state index is 0. The Balaban J connectivity index is 0.00000338. The minimum Gasteiger partial charge on any atom is -0.396 e. The van der Waals surface area contributed by atoms with Gasteiger partial charge in [-0.1, -0.05) is 23.7 Å². The number of aliphatic imine (C=N–C) groups is 1. The minimum atomic E-state index is -0.00452. The number of guanidine groups is 1. The summed E-state index contributed by atoms with van der Waals surface area (Å²) >= 11 is 5.95. The topological polar surface area (TPSA) is 75.1 Å². The van der Waals surface area contributed by atoms with Crippen LogP contribution < -0.4 is 10.6 Å². The van der Waals surface area contributed by atoms with Gasteiger partial charge in [0.05, 0.1) is 19.8 Å². The molecule has 1 aliphatic rings. The van der Waals surface area contributed by atoms with E-state index in [1.54, 1.807) is 7.05 Å². The van der Waals surface area contributed by atoms with E-state index < -0.39 is 0 Å². The lowest BCUT2D eigenvalue weighted by Crippen LogP contribution is -2.45. The van der Waals surface area contributed by atoms with Gasteiger partial charge in [0.15, 0.2) is 5.96 Å². The van der Waals surface area contributed by atoms with Crippen LogP contribution in [0.1, 0.15) is 18.4 Å². The molecule has 0 saturated carbocycles. The van der Waals surface area contributed by atoms with Crippen molar-refractivity contribution in [1.29, 1.82) is 0 Å². The van der Waals surface area contributed by atoms with Gasteiger partial charge < -0.3 is 25.2 Å². The monoisotopic (exact) mass is 497 g/mol. The first-order valence-corrected chi connectivity index (χ1v) is 9.00. The fourth-order valence-corrected chi connectivity index (χ4v) is 3.07. The SMILES string of the molecule is CN=C(NCCOCc1cccc(Cl)c1)NCC1(CCO)CCOC1.I. The lowest BCUT2D eigenvalue weighted by atomic mass is 9.84. The van der Waals surface area contributed by atoms with E-state index in [1.807, 2.05) is 24.3 Å². The zero-order valence-corrected chi connectivity index (χ0v) is 18.3. The highest BCUT2D eigenvalue weighted by atomic mass is 127. The predicted octanol–water partition coefficient (Wildman–Crippen LogP) is 2.43. The first kappa shape index (κ1) is 23.4. The lowest BCUT2D eigenvalue weighted by Gasteiger charge is -2.27. The van der Waals surface area contributed by atoms with Crippen molar-refractivity contribution in [3.8, 4) is 0 Å². The van der Waals surface area contributed by atoms with Crippen LogP contribution in [0.3, 0.4) is 0 Å². The Morgan fingerprint density at radius 1 is 1.42 bits per heavy atom. The van der Waals surface area contributed by atoms with Crippen LogP contribution in [0, 0.1) is 5.41 Å². The second-order valence-corrected chi connectivity index (χ2v) is 6.75. The summed E-state index contributed by atoms with van der Waals surface area (Å²) in [5.41, 5.74) is 1.05. The molecule has 3 N–H and O–H groups in total. The Labute approximate surface area is 177 Å². The summed E-state index contributed by atoms with van der Waals surface area (Å²) in [6.45, 7) is 4.10. The highest BCUT2D eigenvalue weighted by Gasteiger charge is 2.34. The predicted molar refractivity (Wildman–Crippen MR) is 115 cm³/mol. The second-order valence-electron chi connectivity index (χ2n) is 6.31. The molecule has 0 spiro atoms. The van der Waals surface area contributed by atoms with Crippen molar-refractivity contribution in [3.05, 3.63) is 34.9 Å². The van der Waals surface area contributed by atoms with E-state index in [9.17, 15) is 5.11 Å². The number of hydrogen-bond acceptors (Lipinski definition) is 4. The molecule has 1 atom stereocenters. The van der Waals surface area contributed by atoms with Crippen LogP contribution >= 0.6 is 35.6 Å². The van der Waals surface area contributed by atoms with Crippen LogP contribution in [0.15, 0.2) is 29.3 Å². The highest BCUT2D eigenvalue weighted by Crippen LogP contribution is 2.31. The van der Waals surface area contributed by atoms with E-state index in [-0.39, 0.29) is 36.0 Å². The molecule has 0 bridgehead atoms. The molecular formula is C18H29ClIN3O3. The highest BCUT2D eigenvalue weighted by molar-refractivity contribution is 14.0. The lowest BCUT2D eigenvalue weighted by molar-refractivity contribution is 0.124. The molecule has 1 heterocycles. The van der Waals surface area contributed by atoms with Gasteiger partial charge in [-0.2, -0.15) is 0 Å². The molecule has 0 aliphatic carbocycles. The summed E-state index contributed by atoms with van der Waals surface area (Å²) in [4.78, 5) is 4.23. The molecule has 1 unspecified atom stereocenters. The number of halogens is 2. The van der Waals surface area contributed by atoms with Gasteiger partial charge in [-0.3, -0.25) is 4.99 Å². The number of nitrogens with one attached hydrogen (secondary N) is 2. The van der Waals surface area contributed by atoms with Crippen LogP contribution in [0.25, 0.3) is 0 Å². The van der Waals surface area contributed by atoms with Gasteiger partial charge >= 0.3 is 0 Å². The van der Waals surface area contributed by atoms with Gasteiger partial charge in [-0.25, -0.2) is 0 Å². The van der Waals surface area contributed by atoms with Crippen molar-refractivity contribution in [2.45, 2.75) is 19.4 Å². The first-order valence-electron chi connectivity index (χ1n) is 8.63. The van der Waals surface area contributed by atoms with E-state index in [0.717, 1.165) is 42.5 Å². The molecule has 2 rings (SSSR count). The summed E-state index contributed by atoms with van der Waals surface area (Å²) in [6.07, 6.45) is 1.69. The Kier molecular flexibility index (Phi) is 11.5. The van der Waals surface area contributed by atoms with Crippen molar-refractivity contribution < 1.29 is 14.6 Å². The van der Waals surface area contributed by atoms with Crippen molar-refractivity contribution in [2.75, 3.05) is 46.6 Å². The number of aliphatic hydroxyl groups excluding tert-OH is 1. The van der Waals surface area contributed by atoms with Crippen LogP contribution in [0.4, 0.5) is 0 Å². The molecule has 0 aromatic heterocycles. The molecule has 1 saturated heterocycles. The maximum absolute atomic E-state index is 9.27. The smallest absolute Gasteiger partial charge is 0.191 e. The van der Waals surface area contributed by atoms with Gasteiger partial charge in [0.1, 0.15) is 0 Å². The number of benzene rings is 1. The van der Waals surface area contributed by atoms with Crippen molar-refractivity contribution in [1.82, 2.24) is 10.6 Å². The third-order valence-corrected chi connectivity index (χ3v) is 4.61. The third-order valence-electron chi connectivity index (χ3n) is 4.38. The molecule has 8 heteroatoms. The quantitative estimate of drug-likeness (QED) is 0.211. The van der Waals surface area contributed by atoms with E-state index in [1.165, 1.54) is 0 Å². The summed E-state index contributed by atoms with van der Waals surface area (Å²) < 4.78 is 11.2. The van der Waals surface area contributed by atoms with Crippen LogP contribution in [0.2, 0.25) is 5.02 Å². The van der Waals surface area contributed by atoms with Crippen LogP contribution in [0.5, 0.6) is 0 Å². The molecule has 1 fully saturated rings. The number of hydrogen-bond donors (Lipinski definition) is 3. The number of ether oxygens (including phenoxy) is 2. The Morgan fingerprint density at radius 2 is 2.27 bits per heavy atom. The second kappa shape index (κ2) is 12.7. The summed E-state index contributed by atoms with van der Waals surface area (Å²) in [7, 11) is 1.74. The summed E-state index contributed by atoms with van der Waals surface area (Å²) in [5, 5.41) is 16.6. The van der Waals surface area contributed by atoms with Gasteiger partial charge in [0.2, 0.25) is 0 Å². The van der Waals surface area contributed by atoms with Crippen LogP contribution in [-0.2, 0) is 16.1 Å². The number of rotatable bonds is 9. The Morgan fingerprint density at radius 3 is 2.92 bits per heavy atom.